The van der Waals surface area contributed by atoms with E-state index >= 15 is 0 Å². The van der Waals surface area contributed by atoms with Gasteiger partial charge >= 0.3 is 36.2 Å². The molecule has 46 heavy (non-hydrogen) atoms. The smallest absolute Gasteiger partial charge is 0.480 e. The number of carbonyl (C=O) groups excluding carboxylic acids is 4. The van der Waals surface area contributed by atoms with Gasteiger partial charge in [-0.05, 0) is 64.5 Å². The zero-order valence-corrected chi connectivity index (χ0v) is 25.8. The number of alkyl halides is 3. The summed E-state index contributed by atoms with van der Waals surface area (Å²) in [6.45, 7) is 3.71. The van der Waals surface area contributed by atoms with E-state index in [1.807, 2.05) is 30.3 Å². The number of hydrogen-bond acceptors (Lipinski definition) is 9. The Morgan fingerprint density at radius 3 is 1.96 bits per heavy atom. The minimum Gasteiger partial charge on any atom is -0.480 e. The summed E-state index contributed by atoms with van der Waals surface area (Å²) in [5.74, 6) is -5.29. The fourth-order valence-corrected chi connectivity index (χ4v) is 3.52. The van der Waals surface area contributed by atoms with Crippen LogP contribution in [0.1, 0.15) is 57.9 Å². The molecule has 1 aromatic carbocycles. The van der Waals surface area contributed by atoms with Gasteiger partial charge in [-0.1, -0.05) is 30.3 Å². The van der Waals surface area contributed by atoms with Crippen LogP contribution in [-0.4, -0.2) is 90.2 Å². The van der Waals surface area contributed by atoms with Crippen LogP contribution in [0.2, 0.25) is 0 Å². The molecule has 15 nitrogen and oxygen atoms in total. The Hall–Kier alpha value is -4.61. The van der Waals surface area contributed by atoms with E-state index in [0.717, 1.165) is 5.56 Å². The first-order valence-electron chi connectivity index (χ1n) is 14.1. The zero-order valence-electron chi connectivity index (χ0n) is 25.8. The highest BCUT2D eigenvalue weighted by Crippen LogP contribution is 2.13. The van der Waals surface area contributed by atoms with Crippen molar-refractivity contribution in [2.75, 3.05) is 20.2 Å². The number of urea groups is 1. The molecule has 0 aliphatic rings. The molecule has 0 aromatic heterocycles. The van der Waals surface area contributed by atoms with Crippen molar-refractivity contribution in [2.45, 2.75) is 82.8 Å². The third-order valence-electron chi connectivity index (χ3n) is 5.95. The van der Waals surface area contributed by atoms with Gasteiger partial charge in [-0.15, -0.1) is 0 Å². The Labute approximate surface area is 263 Å². The fourth-order valence-electron chi connectivity index (χ4n) is 3.52. The van der Waals surface area contributed by atoms with Crippen LogP contribution in [0.3, 0.4) is 0 Å². The molecule has 0 saturated heterocycles. The van der Waals surface area contributed by atoms with Crippen LogP contribution in [0.4, 0.5) is 22.8 Å². The van der Waals surface area contributed by atoms with Crippen LogP contribution in [0.15, 0.2) is 30.3 Å². The van der Waals surface area contributed by atoms with Crippen molar-refractivity contribution in [1.29, 1.82) is 0 Å². The van der Waals surface area contributed by atoms with Crippen molar-refractivity contribution >= 4 is 35.9 Å². The summed E-state index contributed by atoms with van der Waals surface area (Å²) in [4.78, 5) is 69.9. The van der Waals surface area contributed by atoms with Crippen molar-refractivity contribution in [3.8, 4) is 0 Å². The molecular weight excluding hydrogens is 623 g/mol. The predicted molar refractivity (Wildman–Crippen MR) is 156 cm³/mol. The van der Waals surface area contributed by atoms with Crippen molar-refractivity contribution in [1.82, 2.24) is 21.3 Å². The van der Waals surface area contributed by atoms with Crippen molar-refractivity contribution in [2.24, 2.45) is 5.73 Å². The minimum absolute atomic E-state index is 0.132. The highest BCUT2D eigenvalue weighted by molar-refractivity contribution is 5.92. The topological polar surface area (TPSA) is 235 Å². The quantitative estimate of drug-likeness (QED) is 0.0939. The van der Waals surface area contributed by atoms with E-state index < -0.39 is 59.7 Å². The predicted octanol–water partition coefficient (Wildman–Crippen LogP) is 2.03. The molecular formula is C28H42F3N5O10. The van der Waals surface area contributed by atoms with Gasteiger partial charge in [-0.25, -0.2) is 24.0 Å². The molecule has 0 spiro atoms. The Balaban J connectivity index is 0.00000258. The van der Waals surface area contributed by atoms with Crippen LogP contribution >= 0.6 is 0 Å². The van der Waals surface area contributed by atoms with Crippen molar-refractivity contribution in [3.05, 3.63) is 35.9 Å². The van der Waals surface area contributed by atoms with Crippen LogP contribution in [-0.2, 0) is 35.3 Å². The number of esters is 1. The second-order valence-corrected chi connectivity index (χ2v) is 10.2. The number of nitrogens with one attached hydrogen (secondary N) is 4. The lowest BCUT2D eigenvalue weighted by molar-refractivity contribution is -0.192. The Kier molecular flexibility index (Phi) is 19.1. The van der Waals surface area contributed by atoms with Crippen molar-refractivity contribution in [3.63, 3.8) is 0 Å². The van der Waals surface area contributed by atoms with Crippen LogP contribution in [0.5, 0.6) is 0 Å². The molecule has 0 fully saturated rings. The number of hydrogen-bond donors (Lipinski definition) is 7. The summed E-state index contributed by atoms with van der Waals surface area (Å²) in [5.41, 5.74) is 4.93. The number of unbranched alkanes of at least 4 members (excludes halogenated alkanes) is 2. The van der Waals surface area contributed by atoms with E-state index in [1.165, 1.54) is 21.0 Å². The van der Waals surface area contributed by atoms with Crippen molar-refractivity contribution < 1.29 is 61.6 Å². The Bertz CT molecular complexity index is 1140. The van der Waals surface area contributed by atoms with Gasteiger partial charge < -0.3 is 46.7 Å². The number of aliphatic carboxylic acids is 2. The van der Waals surface area contributed by atoms with Gasteiger partial charge in [0.25, 0.3) is 0 Å². The van der Waals surface area contributed by atoms with Gasteiger partial charge in [0, 0.05) is 6.54 Å². The standard InChI is InChI=1S/C26H41N5O8.C2HF3O2/c1-26(2,23(35)38-3)31-21(32)19(29-24(36)30-20(22(33)34)14-7-9-15-27)13-8-10-16-28-25(37)39-17-18-11-5-4-6-12-18;3-2(4,5)1(6)7/h4-6,11-12,19-20H,7-10,13-17,27H2,1-3H3,(H,28,37)(H,31,32)(H,33,34)(H2,29,30,36);(H,6,7)/t19-,20+;/m1./s1. The molecule has 0 bridgehead atoms. The molecule has 0 unspecified atom stereocenters. The first kappa shape index (κ1) is 41.4. The first-order chi connectivity index (χ1) is 21.4. The second kappa shape index (κ2) is 21.2. The summed E-state index contributed by atoms with van der Waals surface area (Å²) >= 11 is 0. The SMILES string of the molecule is COC(=O)C(C)(C)NC(=O)[C@@H](CCCCNC(=O)OCc1ccccc1)NC(=O)N[C@@H](CCCCN)C(=O)O.O=C(O)C(F)(F)F. The average molecular weight is 666 g/mol. The molecule has 0 radical (unpaired) electrons. The number of rotatable bonds is 17. The monoisotopic (exact) mass is 665 g/mol. The lowest BCUT2D eigenvalue weighted by Crippen LogP contribution is -2.58. The molecule has 2 atom stereocenters. The van der Waals surface area contributed by atoms with E-state index in [9.17, 15) is 42.3 Å². The largest absolute Gasteiger partial charge is 0.490 e. The summed E-state index contributed by atoms with van der Waals surface area (Å²) in [6, 6.07) is 6.13. The van der Waals surface area contributed by atoms with Gasteiger partial charge in [0.15, 0.2) is 0 Å². The van der Waals surface area contributed by atoms with Crippen LogP contribution in [0.25, 0.3) is 0 Å². The maximum atomic E-state index is 13.0. The number of benzene rings is 1. The number of amides is 4. The molecule has 1 rings (SSSR count). The fraction of sp³-hybridized carbons (Fsp3) is 0.571. The van der Waals surface area contributed by atoms with E-state index in [-0.39, 0.29) is 26.0 Å². The second-order valence-electron chi connectivity index (χ2n) is 10.2. The molecule has 8 N–H and O–H groups in total. The average Bonchev–Trinajstić information content (AvgIpc) is 2.98. The molecule has 0 heterocycles. The van der Waals surface area contributed by atoms with E-state index in [4.69, 9.17) is 25.1 Å². The normalized spacial score (nSPS) is 12.2. The number of alkyl carbamates (subject to hydrolysis) is 1. The third kappa shape index (κ3) is 18.3. The molecule has 1 aromatic rings. The number of carbonyl (C=O) groups is 6. The highest BCUT2D eigenvalue weighted by Gasteiger charge is 2.38. The summed E-state index contributed by atoms with van der Waals surface area (Å²) in [5, 5.41) is 26.6. The summed E-state index contributed by atoms with van der Waals surface area (Å²) in [6.07, 6.45) is -3.35. The number of ether oxygens (including phenoxy) is 2. The van der Waals surface area contributed by atoms with E-state index in [0.29, 0.717) is 32.2 Å². The zero-order chi connectivity index (χ0) is 35.3. The number of carboxylic acids is 2. The Morgan fingerprint density at radius 2 is 1.43 bits per heavy atom. The molecule has 0 saturated carbocycles. The van der Waals surface area contributed by atoms with Gasteiger partial charge in [-0.2, -0.15) is 13.2 Å². The molecule has 18 heteroatoms. The van der Waals surface area contributed by atoms with E-state index in [1.54, 1.807) is 0 Å². The Morgan fingerprint density at radius 1 is 0.891 bits per heavy atom. The van der Waals surface area contributed by atoms with E-state index in [2.05, 4.69) is 21.3 Å². The number of nitrogens with two attached hydrogens (primary N) is 1. The van der Waals surface area contributed by atoms with Gasteiger partial charge in [0.2, 0.25) is 5.91 Å². The maximum absolute atomic E-state index is 13.0. The number of carboxylic acid groups (broad SMARTS) is 2. The molecule has 0 aliphatic carbocycles. The summed E-state index contributed by atoms with van der Waals surface area (Å²) in [7, 11) is 1.19. The first-order valence-corrected chi connectivity index (χ1v) is 14.1. The minimum atomic E-state index is -5.08. The maximum Gasteiger partial charge on any atom is 0.490 e. The lowest BCUT2D eigenvalue weighted by Gasteiger charge is -2.27. The number of methoxy groups -OCH3 is 1. The molecule has 0 aliphatic heterocycles. The van der Waals surface area contributed by atoms with Gasteiger partial charge in [0.05, 0.1) is 7.11 Å². The van der Waals surface area contributed by atoms with Crippen LogP contribution in [0, 0.1) is 0 Å². The number of halogens is 3. The van der Waals surface area contributed by atoms with Crippen LogP contribution < -0.4 is 27.0 Å². The molecule has 4 amide bonds. The molecule has 260 valence electrons. The summed E-state index contributed by atoms with van der Waals surface area (Å²) < 4.78 is 41.6. The highest BCUT2D eigenvalue weighted by atomic mass is 19.4. The van der Waals surface area contributed by atoms with Gasteiger partial charge in [-0.3, -0.25) is 4.79 Å². The lowest BCUT2D eigenvalue weighted by atomic mass is 10.0. The third-order valence-corrected chi connectivity index (χ3v) is 5.95. The van der Waals surface area contributed by atoms with Gasteiger partial charge in [0.1, 0.15) is 24.2 Å².